The van der Waals surface area contributed by atoms with Gasteiger partial charge in [0, 0.05) is 25.1 Å². The van der Waals surface area contributed by atoms with Gasteiger partial charge < -0.3 is 10.4 Å². The van der Waals surface area contributed by atoms with Gasteiger partial charge in [0.25, 0.3) is 0 Å². The summed E-state index contributed by atoms with van der Waals surface area (Å²) < 4.78 is 0. The van der Waals surface area contributed by atoms with E-state index in [2.05, 4.69) is 15.3 Å². The molecule has 2 aromatic heterocycles. The van der Waals surface area contributed by atoms with Crippen LogP contribution in [0.2, 0.25) is 0 Å². The Morgan fingerprint density at radius 3 is 2.94 bits per heavy atom. The summed E-state index contributed by atoms with van der Waals surface area (Å²) in [7, 11) is 0. The monoisotopic (exact) mass is 243 g/mol. The van der Waals surface area contributed by atoms with Crippen LogP contribution < -0.4 is 5.32 Å². The second-order valence-electron chi connectivity index (χ2n) is 3.86. The molecule has 0 saturated carbocycles. The molecule has 5 heteroatoms. The van der Waals surface area contributed by atoms with Crippen LogP contribution in [0.5, 0.6) is 0 Å². The number of carboxylic acid groups (broad SMARTS) is 1. The Bertz CT molecular complexity index is 570. The maximum Gasteiger partial charge on any atom is 0.339 e. The Morgan fingerprint density at radius 2 is 2.22 bits per heavy atom. The van der Waals surface area contributed by atoms with Gasteiger partial charge in [0.05, 0.1) is 0 Å². The van der Waals surface area contributed by atoms with Crippen molar-refractivity contribution >= 4 is 11.8 Å². The summed E-state index contributed by atoms with van der Waals surface area (Å²) in [6.45, 7) is 2.48. The van der Waals surface area contributed by atoms with Gasteiger partial charge in [0.15, 0.2) is 0 Å². The summed E-state index contributed by atoms with van der Waals surface area (Å²) in [5.41, 5.74) is 2.29. The first-order valence-corrected chi connectivity index (χ1v) is 5.50. The summed E-state index contributed by atoms with van der Waals surface area (Å²) in [5.74, 6) is -0.613. The summed E-state index contributed by atoms with van der Waals surface area (Å²) >= 11 is 0. The smallest absolute Gasteiger partial charge is 0.339 e. The van der Waals surface area contributed by atoms with Crippen molar-refractivity contribution in [2.75, 3.05) is 5.32 Å². The lowest BCUT2D eigenvalue weighted by atomic mass is 10.1. The minimum absolute atomic E-state index is 0.171. The van der Waals surface area contributed by atoms with Crippen molar-refractivity contribution in [1.82, 2.24) is 9.97 Å². The number of nitrogens with one attached hydrogen (secondary N) is 1. The number of rotatable bonds is 4. The van der Waals surface area contributed by atoms with Crippen molar-refractivity contribution in [3.8, 4) is 0 Å². The molecule has 0 bridgehead atoms. The van der Waals surface area contributed by atoms with Crippen LogP contribution in [0.15, 0.2) is 36.8 Å². The zero-order valence-corrected chi connectivity index (χ0v) is 9.92. The molecule has 2 rings (SSSR count). The van der Waals surface area contributed by atoms with Crippen molar-refractivity contribution in [3.05, 3.63) is 53.5 Å². The molecule has 18 heavy (non-hydrogen) atoms. The Hall–Kier alpha value is -2.43. The normalized spacial score (nSPS) is 10.1. The average molecular weight is 243 g/mol. The summed E-state index contributed by atoms with van der Waals surface area (Å²) in [6, 6.07) is 5.02. The molecule has 5 nitrogen and oxygen atoms in total. The van der Waals surface area contributed by atoms with Gasteiger partial charge in [-0.15, -0.1) is 0 Å². The van der Waals surface area contributed by atoms with Gasteiger partial charge in [-0.3, -0.25) is 4.98 Å². The molecule has 2 heterocycles. The van der Waals surface area contributed by atoms with Crippen LogP contribution in [0.3, 0.4) is 0 Å². The fraction of sp³-hybridized carbons (Fsp3) is 0.154. The highest BCUT2D eigenvalue weighted by Gasteiger charge is 2.10. The molecule has 0 amide bonds. The van der Waals surface area contributed by atoms with E-state index in [1.54, 1.807) is 24.7 Å². The number of aryl methyl sites for hydroxylation is 1. The maximum absolute atomic E-state index is 11.0. The van der Waals surface area contributed by atoms with Crippen LogP contribution in [0, 0.1) is 6.92 Å². The molecular formula is C13H13N3O2. The first-order chi connectivity index (χ1) is 8.68. The standard InChI is InChI=1S/C13H13N3O2/c1-9-7-14-6-4-10(9)8-16-12-11(13(17)18)3-2-5-15-12/h2-7H,8H2,1H3,(H,15,16)(H,17,18). The Balaban J connectivity index is 2.16. The van der Waals surface area contributed by atoms with E-state index in [0.717, 1.165) is 11.1 Å². The molecule has 2 aromatic rings. The molecule has 0 fully saturated rings. The second kappa shape index (κ2) is 5.27. The van der Waals surface area contributed by atoms with Gasteiger partial charge in [-0.25, -0.2) is 9.78 Å². The molecule has 2 N–H and O–H groups in total. The van der Waals surface area contributed by atoms with E-state index in [-0.39, 0.29) is 5.56 Å². The summed E-state index contributed by atoms with van der Waals surface area (Å²) in [6.07, 6.45) is 5.04. The number of carbonyl (C=O) groups is 1. The predicted molar refractivity (Wildman–Crippen MR) is 67.5 cm³/mol. The van der Waals surface area contributed by atoms with Crippen molar-refractivity contribution in [1.29, 1.82) is 0 Å². The van der Waals surface area contributed by atoms with Gasteiger partial charge in [-0.05, 0) is 36.2 Å². The zero-order chi connectivity index (χ0) is 13.0. The largest absolute Gasteiger partial charge is 0.478 e. The van der Waals surface area contributed by atoms with E-state index in [4.69, 9.17) is 5.11 Å². The average Bonchev–Trinajstić information content (AvgIpc) is 2.38. The van der Waals surface area contributed by atoms with E-state index in [1.807, 2.05) is 13.0 Å². The molecule has 0 unspecified atom stereocenters. The van der Waals surface area contributed by atoms with Crippen LogP contribution in [0.25, 0.3) is 0 Å². The van der Waals surface area contributed by atoms with Crippen molar-refractivity contribution < 1.29 is 9.90 Å². The van der Waals surface area contributed by atoms with Crippen LogP contribution in [-0.4, -0.2) is 21.0 Å². The molecule has 0 aliphatic heterocycles. The molecule has 0 saturated heterocycles. The number of aromatic carboxylic acids is 1. The quantitative estimate of drug-likeness (QED) is 0.860. The lowest BCUT2D eigenvalue weighted by Crippen LogP contribution is -2.08. The van der Waals surface area contributed by atoms with Crippen LogP contribution >= 0.6 is 0 Å². The van der Waals surface area contributed by atoms with Crippen molar-refractivity contribution in [2.24, 2.45) is 0 Å². The number of hydrogen-bond donors (Lipinski definition) is 2. The van der Waals surface area contributed by atoms with E-state index in [0.29, 0.717) is 12.4 Å². The number of hydrogen-bond acceptors (Lipinski definition) is 4. The van der Waals surface area contributed by atoms with E-state index >= 15 is 0 Å². The minimum atomic E-state index is -0.989. The zero-order valence-electron chi connectivity index (χ0n) is 9.92. The Morgan fingerprint density at radius 1 is 1.39 bits per heavy atom. The van der Waals surface area contributed by atoms with E-state index < -0.39 is 5.97 Å². The molecule has 0 aliphatic carbocycles. The number of pyridine rings is 2. The van der Waals surface area contributed by atoms with Crippen LogP contribution in [-0.2, 0) is 6.54 Å². The molecule has 92 valence electrons. The third-order valence-corrected chi connectivity index (χ3v) is 2.62. The fourth-order valence-electron chi connectivity index (χ4n) is 1.60. The second-order valence-corrected chi connectivity index (χ2v) is 3.86. The van der Waals surface area contributed by atoms with Gasteiger partial charge in [0.2, 0.25) is 0 Å². The van der Waals surface area contributed by atoms with Gasteiger partial charge in [-0.1, -0.05) is 0 Å². The van der Waals surface area contributed by atoms with E-state index in [9.17, 15) is 4.79 Å². The summed E-state index contributed by atoms with van der Waals surface area (Å²) in [5, 5.41) is 12.1. The first-order valence-electron chi connectivity index (χ1n) is 5.50. The summed E-state index contributed by atoms with van der Waals surface area (Å²) in [4.78, 5) is 19.1. The molecular weight excluding hydrogens is 230 g/mol. The SMILES string of the molecule is Cc1cnccc1CNc1ncccc1C(=O)O. The first kappa shape index (κ1) is 12.0. The number of nitrogens with zero attached hydrogens (tertiary/aromatic N) is 2. The topological polar surface area (TPSA) is 75.1 Å². The number of aromatic nitrogens is 2. The van der Waals surface area contributed by atoms with E-state index in [1.165, 1.54) is 6.07 Å². The molecule has 0 radical (unpaired) electrons. The van der Waals surface area contributed by atoms with Gasteiger partial charge in [-0.2, -0.15) is 0 Å². The molecule has 0 aliphatic rings. The van der Waals surface area contributed by atoms with Crippen LogP contribution in [0.4, 0.5) is 5.82 Å². The maximum atomic E-state index is 11.0. The Kier molecular flexibility index (Phi) is 3.52. The highest BCUT2D eigenvalue weighted by atomic mass is 16.4. The van der Waals surface area contributed by atoms with Crippen molar-refractivity contribution in [2.45, 2.75) is 13.5 Å². The third-order valence-electron chi connectivity index (χ3n) is 2.62. The minimum Gasteiger partial charge on any atom is -0.478 e. The number of carboxylic acids is 1. The third kappa shape index (κ3) is 2.63. The highest BCUT2D eigenvalue weighted by Crippen LogP contribution is 2.13. The highest BCUT2D eigenvalue weighted by molar-refractivity contribution is 5.92. The Labute approximate surface area is 105 Å². The number of anilines is 1. The van der Waals surface area contributed by atoms with Gasteiger partial charge >= 0.3 is 5.97 Å². The van der Waals surface area contributed by atoms with Crippen molar-refractivity contribution in [3.63, 3.8) is 0 Å². The lowest BCUT2D eigenvalue weighted by Gasteiger charge is -2.09. The molecule has 0 spiro atoms. The molecule has 0 atom stereocenters. The fourth-order valence-corrected chi connectivity index (χ4v) is 1.60. The predicted octanol–water partition coefficient (Wildman–Crippen LogP) is 2.10. The van der Waals surface area contributed by atoms with Gasteiger partial charge in [0.1, 0.15) is 11.4 Å². The lowest BCUT2D eigenvalue weighted by molar-refractivity contribution is 0.0697. The molecule has 0 aromatic carbocycles. The van der Waals surface area contributed by atoms with Crippen LogP contribution in [0.1, 0.15) is 21.5 Å².